The standard InChI is InChI=1S/C30H35ClFN3O7S/c1-19(2)33-30(37)20(3)34(17-21-9-7-8-10-24(21)32)29(36)18-35(25-15-22(31)11-13-26(25)40-4)43(38,39)23-12-14-27(41-5)28(16-23)42-6/h7-16,19-20H,17-18H2,1-6H3,(H,33,37). The molecule has 0 bridgehead atoms. The number of carbonyl (C=O) groups excluding carboxylic acids is 2. The van der Waals surface area contributed by atoms with Crippen LogP contribution in [0, 0.1) is 5.82 Å². The fraction of sp³-hybridized carbons (Fsp3) is 0.333. The van der Waals surface area contributed by atoms with Crippen molar-refractivity contribution >= 4 is 39.1 Å². The number of ether oxygens (including phenoxy) is 3. The molecule has 0 aromatic heterocycles. The SMILES string of the molecule is COc1ccc(S(=O)(=O)N(CC(=O)N(Cc2ccccc2F)C(C)C(=O)NC(C)C)c2cc(Cl)ccc2OC)cc1OC. The number of amides is 2. The molecular formula is C30H35ClFN3O7S. The van der Waals surface area contributed by atoms with Crippen molar-refractivity contribution in [3.05, 3.63) is 77.1 Å². The molecule has 2 amide bonds. The monoisotopic (exact) mass is 635 g/mol. The molecule has 0 saturated carbocycles. The fourth-order valence-corrected chi connectivity index (χ4v) is 5.87. The molecule has 13 heteroatoms. The topological polar surface area (TPSA) is 114 Å². The molecule has 1 N–H and O–H groups in total. The minimum Gasteiger partial charge on any atom is -0.495 e. The summed E-state index contributed by atoms with van der Waals surface area (Å²) in [6.07, 6.45) is 0. The Morgan fingerprint density at radius 3 is 2.14 bits per heavy atom. The van der Waals surface area contributed by atoms with Crippen molar-refractivity contribution in [2.24, 2.45) is 0 Å². The maximum absolute atomic E-state index is 14.7. The van der Waals surface area contributed by atoms with Crippen molar-refractivity contribution < 1.29 is 36.6 Å². The van der Waals surface area contributed by atoms with Crippen LogP contribution in [-0.2, 0) is 26.2 Å². The number of sulfonamides is 1. The molecule has 0 aliphatic rings. The Hall–Kier alpha value is -4.03. The summed E-state index contributed by atoms with van der Waals surface area (Å²) in [6, 6.07) is 12.8. The molecule has 0 saturated heterocycles. The molecule has 3 aromatic carbocycles. The van der Waals surface area contributed by atoms with Crippen LogP contribution in [0.2, 0.25) is 5.02 Å². The minimum absolute atomic E-state index is 0.0248. The Morgan fingerprint density at radius 1 is 0.907 bits per heavy atom. The average molecular weight is 636 g/mol. The van der Waals surface area contributed by atoms with E-state index in [1.54, 1.807) is 19.9 Å². The number of benzene rings is 3. The van der Waals surface area contributed by atoms with Gasteiger partial charge >= 0.3 is 0 Å². The quantitative estimate of drug-likeness (QED) is 0.291. The fourth-order valence-electron chi connectivity index (χ4n) is 4.27. The highest BCUT2D eigenvalue weighted by Gasteiger charge is 2.35. The van der Waals surface area contributed by atoms with Crippen molar-refractivity contribution in [1.29, 1.82) is 0 Å². The first-order chi connectivity index (χ1) is 20.3. The Kier molecular flexibility index (Phi) is 11.2. The van der Waals surface area contributed by atoms with Crippen molar-refractivity contribution in [2.75, 3.05) is 32.2 Å². The summed E-state index contributed by atoms with van der Waals surface area (Å²) in [6.45, 7) is 3.94. The number of carbonyl (C=O) groups is 2. The largest absolute Gasteiger partial charge is 0.495 e. The highest BCUT2D eigenvalue weighted by molar-refractivity contribution is 7.92. The Bertz CT molecular complexity index is 1570. The average Bonchev–Trinajstić information content (AvgIpc) is 2.98. The minimum atomic E-state index is -4.50. The lowest BCUT2D eigenvalue weighted by atomic mass is 10.1. The summed E-state index contributed by atoms with van der Waals surface area (Å²) in [5, 5.41) is 2.93. The second kappa shape index (κ2) is 14.4. The molecule has 0 radical (unpaired) electrons. The third-order valence-electron chi connectivity index (χ3n) is 6.53. The third kappa shape index (κ3) is 7.88. The normalized spacial score (nSPS) is 11.9. The lowest BCUT2D eigenvalue weighted by molar-refractivity contribution is -0.139. The van der Waals surface area contributed by atoms with E-state index in [2.05, 4.69) is 5.32 Å². The maximum atomic E-state index is 14.7. The van der Waals surface area contributed by atoms with Gasteiger partial charge in [0.05, 0.1) is 31.9 Å². The lowest BCUT2D eigenvalue weighted by Gasteiger charge is -2.32. The predicted molar refractivity (Wildman–Crippen MR) is 162 cm³/mol. The first kappa shape index (κ1) is 33.5. The highest BCUT2D eigenvalue weighted by atomic mass is 35.5. The summed E-state index contributed by atoms with van der Waals surface area (Å²) >= 11 is 6.26. The van der Waals surface area contributed by atoms with Crippen LogP contribution in [-0.4, -0.2) is 65.1 Å². The van der Waals surface area contributed by atoms with Crippen LogP contribution in [0.3, 0.4) is 0 Å². The number of nitrogens with one attached hydrogen (secondary N) is 1. The zero-order chi connectivity index (χ0) is 31.9. The molecule has 0 aliphatic heterocycles. The number of rotatable bonds is 13. The van der Waals surface area contributed by atoms with E-state index in [9.17, 15) is 22.4 Å². The molecule has 43 heavy (non-hydrogen) atoms. The van der Waals surface area contributed by atoms with Crippen LogP contribution in [0.1, 0.15) is 26.3 Å². The molecule has 1 unspecified atom stereocenters. The van der Waals surface area contributed by atoms with Crippen LogP contribution in [0.4, 0.5) is 10.1 Å². The van der Waals surface area contributed by atoms with E-state index in [0.29, 0.717) is 5.75 Å². The van der Waals surface area contributed by atoms with E-state index in [1.807, 2.05) is 0 Å². The van der Waals surface area contributed by atoms with E-state index in [0.717, 1.165) is 9.21 Å². The summed E-state index contributed by atoms with van der Waals surface area (Å²) in [5.74, 6) is -1.29. The lowest BCUT2D eigenvalue weighted by Crippen LogP contribution is -2.52. The summed E-state index contributed by atoms with van der Waals surface area (Å²) in [5.41, 5.74) is 0.123. The second-order valence-corrected chi connectivity index (χ2v) is 12.1. The molecule has 232 valence electrons. The summed E-state index contributed by atoms with van der Waals surface area (Å²) in [7, 11) is -0.381. The third-order valence-corrected chi connectivity index (χ3v) is 8.52. The molecule has 10 nitrogen and oxygen atoms in total. The molecule has 0 aliphatic carbocycles. The molecule has 0 fully saturated rings. The number of methoxy groups -OCH3 is 3. The van der Waals surface area contributed by atoms with Gasteiger partial charge in [-0.1, -0.05) is 29.8 Å². The van der Waals surface area contributed by atoms with Gasteiger partial charge in [-0.3, -0.25) is 13.9 Å². The molecule has 1 atom stereocenters. The van der Waals surface area contributed by atoms with Gasteiger partial charge in [0.2, 0.25) is 11.8 Å². The Morgan fingerprint density at radius 2 is 1.53 bits per heavy atom. The number of hydrogen-bond acceptors (Lipinski definition) is 7. The Labute approximate surface area is 256 Å². The zero-order valence-corrected chi connectivity index (χ0v) is 26.3. The highest BCUT2D eigenvalue weighted by Crippen LogP contribution is 2.37. The van der Waals surface area contributed by atoms with Crippen molar-refractivity contribution in [2.45, 2.75) is 44.3 Å². The molecule has 3 rings (SSSR count). The van der Waals surface area contributed by atoms with Gasteiger partial charge < -0.3 is 24.4 Å². The van der Waals surface area contributed by atoms with Gasteiger partial charge in [-0.2, -0.15) is 0 Å². The first-order valence-electron chi connectivity index (χ1n) is 13.3. The van der Waals surface area contributed by atoms with E-state index >= 15 is 0 Å². The van der Waals surface area contributed by atoms with Crippen molar-refractivity contribution in [3.8, 4) is 17.2 Å². The van der Waals surface area contributed by atoms with E-state index in [-0.39, 0.29) is 45.3 Å². The van der Waals surface area contributed by atoms with Crippen LogP contribution in [0.25, 0.3) is 0 Å². The molecule has 0 spiro atoms. The summed E-state index contributed by atoms with van der Waals surface area (Å²) in [4.78, 5) is 28.0. The van der Waals surface area contributed by atoms with E-state index in [4.69, 9.17) is 25.8 Å². The summed E-state index contributed by atoms with van der Waals surface area (Å²) < 4.78 is 59.9. The van der Waals surface area contributed by atoms with Gasteiger partial charge in [-0.15, -0.1) is 0 Å². The van der Waals surface area contributed by atoms with Crippen molar-refractivity contribution in [3.63, 3.8) is 0 Å². The maximum Gasteiger partial charge on any atom is 0.265 e. The number of halogens is 2. The Balaban J connectivity index is 2.16. The van der Waals surface area contributed by atoms with Crippen LogP contribution < -0.4 is 23.8 Å². The van der Waals surface area contributed by atoms with Gasteiger partial charge in [-0.25, -0.2) is 12.8 Å². The van der Waals surface area contributed by atoms with Crippen LogP contribution in [0.15, 0.2) is 65.6 Å². The van der Waals surface area contributed by atoms with Gasteiger partial charge in [0.1, 0.15) is 24.2 Å². The first-order valence-corrected chi connectivity index (χ1v) is 15.1. The van der Waals surface area contributed by atoms with E-state index < -0.39 is 40.2 Å². The van der Waals surface area contributed by atoms with Gasteiger partial charge in [0.15, 0.2) is 11.5 Å². The number of anilines is 1. The predicted octanol–water partition coefficient (Wildman–Crippen LogP) is 4.64. The van der Waals surface area contributed by atoms with Gasteiger partial charge in [0, 0.05) is 29.2 Å². The number of nitrogens with zero attached hydrogens (tertiary/aromatic N) is 2. The van der Waals surface area contributed by atoms with Gasteiger partial charge in [-0.05, 0) is 57.2 Å². The second-order valence-electron chi connectivity index (χ2n) is 9.80. The van der Waals surface area contributed by atoms with Gasteiger partial charge in [0.25, 0.3) is 10.0 Å². The molecular weight excluding hydrogens is 601 g/mol. The van der Waals surface area contributed by atoms with Crippen LogP contribution >= 0.6 is 11.6 Å². The van der Waals surface area contributed by atoms with Crippen molar-refractivity contribution in [1.82, 2.24) is 10.2 Å². The van der Waals surface area contributed by atoms with E-state index in [1.165, 1.54) is 82.9 Å². The van der Waals surface area contributed by atoms with Crippen LogP contribution in [0.5, 0.6) is 17.2 Å². The zero-order valence-electron chi connectivity index (χ0n) is 24.8. The molecule has 0 heterocycles. The number of hydrogen-bond donors (Lipinski definition) is 1. The molecule has 3 aromatic rings. The smallest absolute Gasteiger partial charge is 0.265 e.